The molecule has 0 spiro atoms. The van der Waals surface area contributed by atoms with Crippen molar-refractivity contribution < 1.29 is 9.63 Å². The van der Waals surface area contributed by atoms with Crippen molar-refractivity contribution >= 4 is 17.7 Å². The summed E-state index contributed by atoms with van der Waals surface area (Å²) < 4.78 is 0. The number of carbonyl (C=O) groups is 1. The standard InChI is InChI=1S/C15H20N2O2S/c1-15(2,13-5-8-20-9-6-13)14(18)17-19-11-12-4-3-7-16-10-12/h3-5,7,10H,6,8-9,11H2,1-2H3,(H,17,18). The van der Waals surface area contributed by atoms with Crippen molar-refractivity contribution in [2.75, 3.05) is 11.5 Å². The highest BCUT2D eigenvalue weighted by Crippen LogP contribution is 2.33. The molecule has 0 aliphatic carbocycles. The second-order valence-corrected chi connectivity index (χ2v) is 6.41. The number of carbonyl (C=O) groups excluding carboxylic acids is 1. The highest BCUT2D eigenvalue weighted by molar-refractivity contribution is 7.99. The molecule has 4 nitrogen and oxygen atoms in total. The monoisotopic (exact) mass is 292 g/mol. The molecule has 0 unspecified atom stereocenters. The molecule has 1 amide bonds. The minimum atomic E-state index is -0.518. The Morgan fingerprint density at radius 3 is 3.05 bits per heavy atom. The van der Waals surface area contributed by atoms with Crippen molar-refractivity contribution in [2.45, 2.75) is 26.9 Å². The quantitative estimate of drug-likeness (QED) is 0.669. The number of amides is 1. The zero-order valence-electron chi connectivity index (χ0n) is 11.9. The Hall–Kier alpha value is -1.33. The lowest BCUT2D eigenvalue weighted by Crippen LogP contribution is -2.38. The summed E-state index contributed by atoms with van der Waals surface area (Å²) in [5.41, 5.74) is 4.16. The lowest BCUT2D eigenvalue weighted by atomic mass is 9.81. The summed E-state index contributed by atoms with van der Waals surface area (Å²) >= 11 is 1.90. The van der Waals surface area contributed by atoms with E-state index in [1.807, 2.05) is 37.7 Å². The molecule has 0 fully saturated rings. The van der Waals surface area contributed by atoms with E-state index in [1.165, 1.54) is 5.57 Å². The van der Waals surface area contributed by atoms with Crippen LogP contribution < -0.4 is 5.48 Å². The lowest BCUT2D eigenvalue weighted by molar-refractivity contribution is -0.141. The van der Waals surface area contributed by atoms with Crippen molar-refractivity contribution in [1.82, 2.24) is 10.5 Å². The molecule has 20 heavy (non-hydrogen) atoms. The van der Waals surface area contributed by atoms with Crippen LogP contribution in [0.15, 0.2) is 36.2 Å². The summed E-state index contributed by atoms with van der Waals surface area (Å²) in [4.78, 5) is 21.5. The molecular weight excluding hydrogens is 272 g/mol. The van der Waals surface area contributed by atoms with Crippen LogP contribution in [0.2, 0.25) is 0 Å². The van der Waals surface area contributed by atoms with E-state index in [9.17, 15) is 4.79 Å². The number of aromatic nitrogens is 1. The number of nitrogens with one attached hydrogen (secondary N) is 1. The van der Waals surface area contributed by atoms with E-state index in [1.54, 1.807) is 12.4 Å². The van der Waals surface area contributed by atoms with E-state index < -0.39 is 5.41 Å². The molecule has 1 N–H and O–H groups in total. The maximum atomic E-state index is 12.3. The van der Waals surface area contributed by atoms with Crippen LogP contribution in [0.3, 0.4) is 0 Å². The Bertz CT molecular complexity index is 486. The van der Waals surface area contributed by atoms with Crippen molar-refractivity contribution in [1.29, 1.82) is 0 Å². The Morgan fingerprint density at radius 1 is 1.55 bits per heavy atom. The first kappa shape index (κ1) is 15.1. The number of hydrogen-bond acceptors (Lipinski definition) is 4. The summed E-state index contributed by atoms with van der Waals surface area (Å²) in [6.07, 6.45) is 6.56. The van der Waals surface area contributed by atoms with Gasteiger partial charge in [0.25, 0.3) is 5.91 Å². The fraction of sp³-hybridized carbons (Fsp3) is 0.467. The topological polar surface area (TPSA) is 51.2 Å². The van der Waals surface area contributed by atoms with E-state index in [-0.39, 0.29) is 5.91 Å². The smallest absolute Gasteiger partial charge is 0.253 e. The third-order valence-corrected chi connectivity index (χ3v) is 4.36. The molecule has 0 atom stereocenters. The van der Waals surface area contributed by atoms with E-state index in [2.05, 4.69) is 16.5 Å². The Balaban J connectivity index is 1.86. The molecule has 1 aliphatic heterocycles. The average molecular weight is 292 g/mol. The van der Waals surface area contributed by atoms with Crippen LogP contribution in [0.5, 0.6) is 0 Å². The average Bonchev–Trinajstić information content (AvgIpc) is 2.49. The van der Waals surface area contributed by atoms with Gasteiger partial charge in [0.1, 0.15) is 6.61 Å². The second kappa shape index (κ2) is 6.90. The SMILES string of the molecule is CC(C)(C(=O)NOCc1cccnc1)C1=CCSCC1. The highest BCUT2D eigenvalue weighted by atomic mass is 32.2. The van der Waals surface area contributed by atoms with Crippen LogP contribution >= 0.6 is 11.8 Å². The van der Waals surface area contributed by atoms with E-state index in [0.717, 1.165) is 23.5 Å². The van der Waals surface area contributed by atoms with Gasteiger partial charge in [0, 0.05) is 18.1 Å². The maximum Gasteiger partial charge on any atom is 0.253 e. The van der Waals surface area contributed by atoms with E-state index in [0.29, 0.717) is 6.61 Å². The van der Waals surface area contributed by atoms with Gasteiger partial charge < -0.3 is 0 Å². The summed E-state index contributed by atoms with van der Waals surface area (Å²) in [7, 11) is 0. The Morgan fingerprint density at radius 2 is 2.40 bits per heavy atom. The van der Waals surface area contributed by atoms with Crippen LogP contribution in [-0.2, 0) is 16.2 Å². The van der Waals surface area contributed by atoms with Crippen molar-refractivity contribution in [3.8, 4) is 0 Å². The zero-order chi connectivity index (χ0) is 14.4. The van der Waals surface area contributed by atoms with E-state index >= 15 is 0 Å². The lowest BCUT2D eigenvalue weighted by Gasteiger charge is -2.28. The molecule has 0 radical (unpaired) electrons. The van der Waals surface area contributed by atoms with Crippen LogP contribution in [-0.4, -0.2) is 22.4 Å². The van der Waals surface area contributed by atoms with Crippen molar-refractivity contribution in [2.24, 2.45) is 5.41 Å². The summed E-state index contributed by atoms with van der Waals surface area (Å²) in [6, 6.07) is 3.75. The summed E-state index contributed by atoms with van der Waals surface area (Å²) in [6.45, 7) is 4.21. The van der Waals surface area contributed by atoms with Gasteiger partial charge >= 0.3 is 0 Å². The van der Waals surface area contributed by atoms with Gasteiger partial charge in [-0.2, -0.15) is 11.8 Å². The van der Waals surface area contributed by atoms with Gasteiger partial charge in [-0.15, -0.1) is 0 Å². The molecule has 2 heterocycles. The normalized spacial score (nSPS) is 15.6. The van der Waals surface area contributed by atoms with Gasteiger partial charge in [0.15, 0.2) is 0 Å². The van der Waals surface area contributed by atoms with Crippen LogP contribution in [0.4, 0.5) is 0 Å². The van der Waals surface area contributed by atoms with Crippen LogP contribution in [0, 0.1) is 5.41 Å². The van der Waals surface area contributed by atoms with E-state index in [4.69, 9.17) is 4.84 Å². The number of hydrogen-bond donors (Lipinski definition) is 1. The molecular formula is C15H20N2O2S. The molecule has 0 saturated heterocycles. The number of rotatable bonds is 5. The highest BCUT2D eigenvalue weighted by Gasteiger charge is 2.32. The minimum absolute atomic E-state index is 0.0976. The third-order valence-electron chi connectivity index (χ3n) is 3.46. The Labute approximate surface area is 124 Å². The largest absolute Gasteiger partial charge is 0.272 e. The predicted octanol–water partition coefficient (Wildman–Crippen LogP) is 2.72. The molecule has 108 valence electrons. The maximum absolute atomic E-state index is 12.3. The van der Waals surface area contributed by atoms with Crippen molar-refractivity contribution in [3.63, 3.8) is 0 Å². The number of hydroxylamine groups is 1. The number of thioether (sulfide) groups is 1. The number of nitrogens with zero attached hydrogens (tertiary/aromatic N) is 1. The molecule has 0 bridgehead atoms. The van der Waals surface area contributed by atoms with Crippen LogP contribution in [0.25, 0.3) is 0 Å². The molecule has 0 saturated carbocycles. The first-order valence-corrected chi connectivity index (χ1v) is 7.84. The van der Waals surface area contributed by atoms with Crippen LogP contribution in [0.1, 0.15) is 25.8 Å². The first-order valence-electron chi connectivity index (χ1n) is 6.69. The van der Waals surface area contributed by atoms with Gasteiger partial charge in [-0.05, 0) is 37.7 Å². The number of pyridine rings is 1. The fourth-order valence-corrected chi connectivity index (χ4v) is 2.89. The van der Waals surface area contributed by atoms with Gasteiger partial charge in [0.05, 0.1) is 5.41 Å². The summed E-state index contributed by atoms with van der Waals surface area (Å²) in [5, 5.41) is 0. The van der Waals surface area contributed by atoms with Gasteiger partial charge in [-0.1, -0.05) is 17.7 Å². The third kappa shape index (κ3) is 3.84. The summed E-state index contributed by atoms with van der Waals surface area (Å²) in [5.74, 6) is 1.97. The molecule has 2 rings (SSSR count). The van der Waals surface area contributed by atoms with Gasteiger partial charge in [-0.3, -0.25) is 14.6 Å². The molecule has 5 heteroatoms. The Kier molecular flexibility index (Phi) is 5.20. The minimum Gasteiger partial charge on any atom is -0.272 e. The van der Waals surface area contributed by atoms with Gasteiger partial charge in [0.2, 0.25) is 0 Å². The predicted molar refractivity (Wildman–Crippen MR) is 81.0 cm³/mol. The fourth-order valence-electron chi connectivity index (χ4n) is 2.04. The zero-order valence-corrected chi connectivity index (χ0v) is 12.7. The molecule has 1 aromatic heterocycles. The molecule has 1 aliphatic rings. The molecule has 0 aromatic carbocycles. The second-order valence-electron chi connectivity index (χ2n) is 5.26. The van der Waals surface area contributed by atoms with Crippen molar-refractivity contribution in [3.05, 3.63) is 41.7 Å². The van der Waals surface area contributed by atoms with Gasteiger partial charge in [-0.25, -0.2) is 5.48 Å². The first-order chi connectivity index (χ1) is 9.60. The molecule has 1 aromatic rings.